The fourth-order valence-corrected chi connectivity index (χ4v) is 2.66. The van der Waals surface area contributed by atoms with E-state index in [1.807, 2.05) is 13.0 Å². The number of hydrogen-bond acceptors (Lipinski definition) is 7. The highest BCUT2D eigenvalue weighted by molar-refractivity contribution is 5.59. The van der Waals surface area contributed by atoms with Gasteiger partial charge >= 0.3 is 0 Å². The minimum atomic E-state index is -0.642. The zero-order valence-electron chi connectivity index (χ0n) is 13.5. The summed E-state index contributed by atoms with van der Waals surface area (Å²) in [6.45, 7) is 3.53. The van der Waals surface area contributed by atoms with Crippen molar-refractivity contribution in [3.8, 4) is 23.0 Å². The van der Waals surface area contributed by atoms with Gasteiger partial charge in [0, 0.05) is 18.6 Å². The molecule has 7 heteroatoms. The van der Waals surface area contributed by atoms with Crippen LogP contribution in [0.2, 0.25) is 0 Å². The van der Waals surface area contributed by atoms with Crippen LogP contribution in [0.5, 0.6) is 11.5 Å². The third-order valence-corrected chi connectivity index (χ3v) is 3.85. The van der Waals surface area contributed by atoms with Crippen LogP contribution in [0.4, 0.5) is 0 Å². The molecule has 3 rings (SSSR count). The van der Waals surface area contributed by atoms with E-state index >= 15 is 0 Å². The normalized spacial score (nSPS) is 20.7. The third kappa shape index (κ3) is 2.89. The molecule has 1 aromatic carbocycles. The fourth-order valence-electron chi connectivity index (χ4n) is 2.66. The van der Waals surface area contributed by atoms with Gasteiger partial charge in [0.05, 0.1) is 27.4 Å². The molecule has 0 aliphatic carbocycles. The van der Waals surface area contributed by atoms with Crippen molar-refractivity contribution in [2.24, 2.45) is 0 Å². The summed E-state index contributed by atoms with van der Waals surface area (Å²) in [7, 11) is 3.18. The maximum atomic E-state index is 5.86. The standard InChI is InChI=1S/C16H20N2O5/c1-4-22-16(7-8-21-10-16)15-18-17-14(23-15)11-5-6-12(19-2)13(9-11)20-3/h5-6,9H,4,7-8,10H2,1-3H3. The van der Waals surface area contributed by atoms with E-state index < -0.39 is 5.60 Å². The zero-order valence-corrected chi connectivity index (χ0v) is 13.5. The molecule has 0 radical (unpaired) electrons. The van der Waals surface area contributed by atoms with Crippen LogP contribution in [0.25, 0.3) is 11.5 Å². The predicted octanol–water partition coefficient (Wildman–Crippen LogP) is 2.41. The lowest BCUT2D eigenvalue weighted by atomic mass is 10.0. The van der Waals surface area contributed by atoms with Gasteiger partial charge < -0.3 is 23.4 Å². The van der Waals surface area contributed by atoms with Crippen LogP contribution in [0, 0.1) is 0 Å². The molecule has 1 unspecified atom stereocenters. The lowest BCUT2D eigenvalue weighted by Gasteiger charge is -2.22. The Hall–Kier alpha value is -2.12. The molecule has 124 valence electrons. The average Bonchev–Trinajstić information content (AvgIpc) is 3.24. The molecule has 1 fully saturated rings. The van der Waals surface area contributed by atoms with Crippen LogP contribution in [-0.2, 0) is 15.1 Å². The second kappa shape index (κ2) is 6.55. The quantitative estimate of drug-likeness (QED) is 0.809. The molecule has 23 heavy (non-hydrogen) atoms. The highest BCUT2D eigenvalue weighted by Crippen LogP contribution is 2.36. The molecule has 1 aromatic heterocycles. The van der Waals surface area contributed by atoms with Crippen LogP contribution >= 0.6 is 0 Å². The van der Waals surface area contributed by atoms with Gasteiger partial charge in [0.1, 0.15) is 0 Å². The van der Waals surface area contributed by atoms with Crippen molar-refractivity contribution in [1.29, 1.82) is 0 Å². The summed E-state index contributed by atoms with van der Waals surface area (Å²) in [4.78, 5) is 0. The SMILES string of the molecule is CCOC1(c2nnc(-c3ccc(OC)c(OC)c3)o2)CCOC1. The first-order chi connectivity index (χ1) is 11.2. The highest BCUT2D eigenvalue weighted by Gasteiger charge is 2.43. The number of aromatic nitrogens is 2. The van der Waals surface area contributed by atoms with Crippen molar-refractivity contribution in [3.05, 3.63) is 24.1 Å². The van der Waals surface area contributed by atoms with Crippen molar-refractivity contribution < 1.29 is 23.4 Å². The Balaban J connectivity index is 1.92. The number of hydrogen-bond donors (Lipinski definition) is 0. The first kappa shape index (κ1) is 15.8. The number of rotatable bonds is 6. The molecular weight excluding hydrogens is 300 g/mol. The molecule has 0 saturated carbocycles. The predicted molar refractivity (Wildman–Crippen MR) is 81.6 cm³/mol. The third-order valence-electron chi connectivity index (χ3n) is 3.85. The van der Waals surface area contributed by atoms with E-state index in [1.165, 1.54) is 0 Å². The Morgan fingerprint density at radius 2 is 2.00 bits per heavy atom. The van der Waals surface area contributed by atoms with Crippen molar-refractivity contribution in [2.75, 3.05) is 34.0 Å². The van der Waals surface area contributed by atoms with Crippen LogP contribution in [0.1, 0.15) is 19.2 Å². The molecule has 0 spiro atoms. The maximum absolute atomic E-state index is 5.86. The molecule has 0 N–H and O–H groups in total. The smallest absolute Gasteiger partial charge is 0.251 e. The van der Waals surface area contributed by atoms with Gasteiger partial charge in [-0.05, 0) is 25.1 Å². The Morgan fingerprint density at radius 3 is 2.65 bits per heavy atom. The molecule has 2 heterocycles. The van der Waals surface area contributed by atoms with Crippen LogP contribution in [0.3, 0.4) is 0 Å². The molecule has 0 bridgehead atoms. The second-order valence-corrected chi connectivity index (χ2v) is 5.21. The first-order valence-electron chi connectivity index (χ1n) is 7.50. The Kier molecular flexibility index (Phi) is 4.49. The van der Waals surface area contributed by atoms with E-state index in [4.69, 9.17) is 23.4 Å². The van der Waals surface area contributed by atoms with E-state index in [0.29, 0.717) is 49.5 Å². The van der Waals surface area contributed by atoms with E-state index in [-0.39, 0.29) is 0 Å². The van der Waals surface area contributed by atoms with Gasteiger partial charge in [0.25, 0.3) is 5.89 Å². The lowest BCUT2D eigenvalue weighted by molar-refractivity contribution is -0.0657. The summed E-state index contributed by atoms with van der Waals surface area (Å²) in [6.07, 6.45) is 0.703. The average molecular weight is 320 g/mol. The summed E-state index contributed by atoms with van der Waals surface area (Å²) in [6, 6.07) is 5.45. The maximum Gasteiger partial charge on any atom is 0.251 e. The van der Waals surface area contributed by atoms with Gasteiger partial charge in [-0.3, -0.25) is 0 Å². The van der Waals surface area contributed by atoms with Gasteiger partial charge in [-0.2, -0.15) is 0 Å². The summed E-state index contributed by atoms with van der Waals surface area (Å²) in [5.74, 6) is 2.10. The van der Waals surface area contributed by atoms with Crippen LogP contribution in [-0.4, -0.2) is 44.2 Å². The molecule has 2 aromatic rings. The Morgan fingerprint density at radius 1 is 1.17 bits per heavy atom. The minimum Gasteiger partial charge on any atom is -0.493 e. The number of nitrogens with zero attached hydrogens (tertiary/aromatic N) is 2. The molecule has 1 aliphatic rings. The second-order valence-electron chi connectivity index (χ2n) is 5.21. The molecule has 1 aliphatic heterocycles. The fraction of sp³-hybridized carbons (Fsp3) is 0.500. The Bertz CT molecular complexity index is 664. The summed E-state index contributed by atoms with van der Waals surface area (Å²) >= 11 is 0. The molecule has 0 amide bonds. The number of ether oxygens (including phenoxy) is 4. The van der Waals surface area contributed by atoms with Crippen LogP contribution in [0.15, 0.2) is 22.6 Å². The molecule has 1 saturated heterocycles. The zero-order chi connectivity index (χ0) is 16.3. The number of methoxy groups -OCH3 is 2. The summed E-state index contributed by atoms with van der Waals surface area (Å²) in [5, 5.41) is 8.31. The number of benzene rings is 1. The van der Waals surface area contributed by atoms with Crippen molar-refractivity contribution in [1.82, 2.24) is 10.2 Å². The Labute approximate surface area is 134 Å². The van der Waals surface area contributed by atoms with Crippen molar-refractivity contribution in [3.63, 3.8) is 0 Å². The van der Waals surface area contributed by atoms with Crippen molar-refractivity contribution in [2.45, 2.75) is 18.9 Å². The minimum absolute atomic E-state index is 0.409. The molecule has 1 atom stereocenters. The van der Waals surface area contributed by atoms with E-state index in [0.717, 1.165) is 5.56 Å². The van der Waals surface area contributed by atoms with E-state index in [2.05, 4.69) is 10.2 Å². The molecular formula is C16H20N2O5. The monoisotopic (exact) mass is 320 g/mol. The van der Waals surface area contributed by atoms with Gasteiger partial charge in [-0.15, -0.1) is 10.2 Å². The summed E-state index contributed by atoms with van der Waals surface area (Å²) < 4.78 is 27.7. The van der Waals surface area contributed by atoms with E-state index in [9.17, 15) is 0 Å². The van der Waals surface area contributed by atoms with Gasteiger partial charge in [-0.1, -0.05) is 0 Å². The summed E-state index contributed by atoms with van der Waals surface area (Å²) in [5.41, 5.74) is 0.114. The topological polar surface area (TPSA) is 75.8 Å². The first-order valence-corrected chi connectivity index (χ1v) is 7.50. The van der Waals surface area contributed by atoms with Gasteiger partial charge in [0.15, 0.2) is 17.1 Å². The van der Waals surface area contributed by atoms with Crippen LogP contribution < -0.4 is 9.47 Å². The van der Waals surface area contributed by atoms with E-state index in [1.54, 1.807) is 26.4 Å². The van der Waals surface area contributed by atoms with Crippen molar-refractivity contribution >= 4 is 0 Å². The lowest BCUT2D eigenvalue weighted by Crippen LogP contribution is -2.30. The largest absolute Gasteiger partial charge is 0.493 e. The van der Waals surface area contributed by atoms with Gasteiger partial charge in [-0.25, -0.2) is 0 Å². The highest BCUT2D eigenvalue weighted by atomic mass is 16.6. The van der Waals surface area contributed by atoms with Gasteiger partial charge in [0.2, 0.25) is 5.89 Å². The molecule has 7 nitrogen and oxygen atoms in total.